The van der Waals surface area contributed by atoms with Crippen LogP contribution in [0.2, 0.25) is 0 Å². The third-order valence-electron chi connectivity index (χ3n) is 2.97. The molecule has 0 unspecified atom stereocenters. The standard InChI is InChI=1S/C15H17N3O3/c19-14(20)8-11-18-10-7-13(17-18)15(21)16-9-6-12-4-2-1-3-5-12/h1-5,7,10H,6,8-9,11H2,(H,16,21)(H,19,20). The van der Waals surface area contributed by atoms with Crippen molar-refractivity contribution in [3.8, 4) is 0 Å². The van der Waals surface area contributed by atoms with Crippen molar-refractivity contribution in [3.63, 3.8) is 0 Å². The SMILES string of the molecule is O=C(O)CCn1ccc(C(=O)NCCc2ccccc2)n1. The third kappa shape index (κ3) is 4.76. The van der Waals surface area contributed by atoms with Crippen LogP contribution in [0.4, 0.5) is 0 Å². The molecule has 0 atom stereocenters. The van der Waals surface area contributed by atoms with Gasteiger partial charge in [-0.25, -0.2) is 0 Å². The number of carbonyl (C=O) groups is 2. The number of nitrogens with one attached hydrogen (secondary N) is 1. The van der Waals surface area contributed by atoms with Crippen LogP contribution < -0.4 is 5.32 Å². The van der Waals surface area contributed by atoms with Crippen molar-refractivity contribution in [1.82, 2.24) is 15.1 Å². The van der Waals surface area contributed by atoms with Crippen molar-refractivity contribution in [2.24, 2.45) is 0 Å². The van der Waals surface area contributed by atoms with Crippen LogP contribution >= 0.6 is 0 Å². The first kappa shape index (κ1) is 14.8. The molecule has 1 aromatic carbocycles. The van der Waals surface area contributed by atoms with Gasteiger partial charge in [0, 0.05) is 12.7 Å². The Kier molecular flexibility index (Phi) is 5.09. The zero-order valence-electron chi connectivity index (χ0n) is 11.5. The molecule has 0 aliphatic rings. The Labute approximate surface area is 122 Å². The van der Waals surface area contributed by atoms with Crippen LogP contribution in [0.1, 0.15) is 22.5 Å². The second kappa shape index (κ2) is 7.23. The molecule has 0 aliphatic carbocycles. The lowest BCUT2D eigenvalue weighted by Gasteiger charge is -2.03. The molecule has 6 nitrogen and oxygen atoms in total. The maximum absolute atomic E-state index is 11.9. The zero-order chi connectivity index (χ0) is 15.1. The van der Waals surface area contributed by atoms with Crippen LogP contribution in [-0.4, -0.2) is 33.3 Å². The molecule has 21 heavy (non-hydrogen) atoms. The van der Waals surface area contributed by atoms with Gasteiger partial charge in [-0.15, -0.1) is 0 Å². The maximum atomic E-state index is 11.9. The largest absolute Gasteiger partial charge is 0.481 e. The summed E-state index contributed by atoms with van der Waals surface area (Å²) < 4.78 is 1.46. The number of hydrogen-bond donors (Lipinski definition) is 2. The minimum atomic E-state index is -0.889. The monoisotopic (exact) mass is 287 g/mol. The van der Waals surface area contributed by atoms with E-state index in [2.05, 4.69) is 10.4 Å². The number of carboxylic acids is 1. The molecular formula is C15H17N3O3. The van der Waals surface area contributed by atoms with Crippen LogP contribution in [0.3, 0.4) is 0 Å². The van der Waals surface area contributed by atoms with E-state index in [1.54, 1.807) is 12.3 Å². The lowest BCUT2D eigenvalue weighted by Crippen LogP contribution is -2.26. The lowest BCUT2D eigenvalue weighted by molar-refractivity contribution is -0.137. The molecule has 2 N–H and O–H groups in total. The molecule has 0 bridgehead atoms. The number of rotatable bonds is 7. The minimum absolute atomic E-state index is 0.0171. The minimum Gasteiger partial charge on any atom is -0.481 e. The topological polar surface area (TPSA) is 84.2 Å². The highest BCUT2D eigenvalue weighted by molar-refractivity contribution is 5.92. The molecule has 0 saturated carbocycles. The Balaban J connectivity index is 1.79. The van der Waals surface area contributed by atoms with Gasteiger partial charge in [-0.1, -0.05) is 30.3 Å². The molecule has 0 aliphatic heterocycles. The summed E-state index contributed by atoms with van der Waals surface area (Å²) in [6.07, 6.45) is 2.35. The Morgan fingerprint density at radius 1 is 1.19 bits per heavy atom. The number of aliphatic carboxylic acids is 1. The van der Waals surface area contributed by atoms with Crippen molar-refractivity contribution in [2.45, 2.75) is 19.4 Å². The van der Waals surface area contributed by atoms with Crippen molar-refractivity contribution < 1.29 is 14.7 Å². The predicted octanol–water partition coefficient (Wildman–Crippen LogP) is 1.33. The molecule has 1 heterocycles. The molecule has 0 radical (unpaired) electrons. The third-order valence-corrected chi connectivity index (χ3v) is 2.97. The average Bonchev–Trinajstić information content (AvgIpc) is 2.95. The van der Waals surface area contributed by atoms with Gasteiger partial charge in [0.15, 0.2) is 0 Å². The Morgan fingerprint density at radius 2 is 1.95 bits per heavy atom. The smallest absolute Gasteiger partial charge is 0.305 e. The molecule has 0 spiro atoms. The lowest BCUT2D eigenvalue weighted by atomic mass is 10.1. The summed E-state index contributed by atoms with van der Waals surface area (Å²) in [6.45, 7) is 0.789. The van der Waals surface area contributed by atoms with E-state index >= 15 is 0 Å². The molecule has 1 aromatic heterocycles. The van der Waals surface area contributed by atoms with E-state index in [0.717, 1.165) is 12.0 Å². The second-order valence-electron chi connectivity index (χ2n) is 4.60. The van der Waals surface area contributed by atoms with Crippen molar-refractivity contribution in [2.75, 3.05) is 6.54 Å². The number of benzene rings is 1. The van der Waals surface area contributed by atoms with Crippen molar-refractivity contribution in [1.29, 1.82) is 0 Å². The number of aryl methyl sites for hydroxylation is 1. The summed E-state index contributed by atoms with van der Waals surface area (Å²) in [5, 5.41) is 15.4. The van der Waals surface area contributed by atoms with Crippen LogP contribution in [0.15, 0.2) is 42.6 Å². The average molecular weight is 287 g/mol. The van der Waals surface area contributed by atoms with E-state index in [4.69, 9.17) is 5.11 Å². The molecule has 110 valence electrons. The van der Waals surface area contributed by atoms with Gasteiger partial charge < -0.3 is 10.4 Å². The summed E-state index contributed by atoms with van der Waals surface area (Å²) in [4.78, 5) is 22.4. The van der Waals surface area contributed by atoms with Gasteiger partial charge in [-0.3, -0.25) is 14.3 Å². The summed E-state index contributed by atoms with van der Waals surface area (Å²) in [5.74, 6) is -1.14. The molecule has 0 fully saturated rings. The van der Waals surface area contributed by atoms with E-state index < -0.39 is 5.97 Å². The maximum Gasteiger partial charge on any atom is 0.305 e. The van der Waals surface area contributed by atoms with Gasteiger partial charge >= 0.3 is 5.97 Å². The highest BCUT2D eigenvalue weighted by atomic mass is 16.4. The fraction of sp³-hybridized carbons (Fsp3) is 0.267. The number of carboxylic acid groups (broad SMARTS) is 1. The van der Waals surface area contributed by atoms with Gasteiger partial charge in [0.05, 0.1) is 13.0 Å². The quantitative estimate of drug-likeness (QED) is 0.804. The molecule has 1 amide bonds. The first-order chi connectivity index (χ1) is 10.1. The Bertz CT molecular complexity index is 608. The van der Waals surface area contributed by atoms with Crippen LogP contribution in [0.25, 0.3) is 0 Å². The molecule has 0 saturated heterocycles. The van der Waals surface area contributed by atoms with Crippen molar-refractivity contribution >= 4 is 11.9 Å². The second-order valence-corrected chi connectivity index (χ2v) is 4.60. The molecule has 6 heteroatoms. The van der Waals surface area contributed by atoms with Gasteiger partial charge in [-0.2, -0.15) is 5.10 Å². The summed E-state index contributed by atoms with van der Waals surface area (Å²) in [5.41, 5.74) is 1.46. The fourth-order valence-corrected chi connectivity index (χ4v) is 1.87. The first-order valence-electron chi connectivity index (χ1n) is 6.72. The molecule has 2 rings (SSSR count). The number of hydrogen-bond acceptors (Lipinski definition) is 3. The zero-order valence-corrected chi connectivity index (χ0v) is 11.5. The normalized spacial score (nSPS) is 10.3. The van der Waals surface area contributed by atoms with Crippen molar-refractivity contribution in [3.05, 3.63) is 53.9 Å². The van der Waals surface area contributed by atoms with E-state index in [1.165, 1.54) is 4.68 Å². The highest BCUT2D eigenvalue weighted by Crippen LogP contribution is 2.00. The van der Waals surface area contributed by atoms with E-state index in [1.807, 2.05) is 30.3 Å². The van der Waals surface area contributed by atoms with Gasteiger partial charge in [0.2, 0.25) is 0 Å². The molecular weight excluding hydrogens is 270 g/mol. The summed E-state index contributed by atoms with van der Waals surface area (Å²) >= 11 is 0. The fourth-order valence-electron chi connectivity index (χ4n) is 1.87. The Morgan fingerprint density at radius 3 is 2.67 bits per heavy atom. The van der Waals surface area contributed by atoms with Crippen LogP contribution in [0, 0.1) is 0 Å². The van der Waals surface area contributed by atoms with Gasteiger partial charge in [-0.05, 0) is 18.1 Å². The number of nitrogens with zero attached hydrogens (tertiary/aromatic N) is 2. The Hall–Kier alpha value is -2.63. The summed E-state index contributed by atoms with van der Waals surface area (Å²) in [7, 11) is 0. The van der Waals surface area contributed by atoms with Crippen LogP contribution in [-0.2, 0) is 17.8 Å². The van der Waals surface area contributed by atoms with Gasteiger partial charge in [0.1, 0.15) is 5.69 Å². The first-order valence-corrected chi connectivity index (χ1v) is 6.72. The van der Waals surface area contributed by atoms with E-state index in [-0.39, 0.29) is 18.9 Å². The van der Waals surface area contributed by atoms with E-state index in [9.17, 15) is 9.59 Å². The number of amides is 1. The van der Waals surface area contributed by atoms with E-state index in [0.29, 0.717) is 12.2 Å². The highest BCUT2D eigenvalue weighted by Gasteiger charge is 2.09. The molecule has 2 aromatic rings. The van der Waals surface area contributed by atoms with Crippen LogP contribution in [0.5, 0.6) is 0 Å². The van der Waals surface area contributed by atoms with Gasteiger partial charge in [0.25, 0.3) is 5.91 Å². The number of carbonyl (C=O) groups excluding carboxylic acids is 1. The summed E-state index contributed by atoms with van der Waals surface area (Å²) in [6, 6.07) is 11.5. The predicted molar refractivity (Wildman–Crippen MR) is 77.0 cm³/mol. The number of aromatic nitrogens is 2.